The predicted molar refractivity (Wildman–Crippen MR) is 80.9 cm³/mol. The van der Waals surface area contributed by atoms with Gasteiger partial charge in [-0.15, -0.1) is 0 Å². The molecule has 0 saturated carbocycles. The van der Waals surface area contributed by atoms with Crippen molar-refractivity contribution in [1.29, 1.82) is 0 Å². The molecule has 2 aliphatic heterocycles. The summed E-state index contributed by atoms with van der Waals surface area (Å²) in [6.45, 7) is 1.99. The number of fused-ring (bicyclic) bond motifs is 1. The highest BCUT2D eigenvalue weighted by Crippen LogP contribution is 2.30. The lowest BCUT2D eigenvalue weighted by Gasteiger charge is -2.45. The summed E-state index contributed by atoms with van der Waals surface area (Å²) in [5.74, 6) is -0.892. The molecule has 0 unspecified atom stereocenters. The predicted octanol–water partition coefficient (Wildman–Crippen LogP) is 1.57. The molecule has 3 rings (SSSR count). The Labute approximate surface area is 134 Å². The highest BCUT2D eigenvalue weighted by atomic mass is 35.5. The lowest BCUT2D eigenvalue weighted by atomic mass is 10.0. The number of benzene rings is 1. The molecule has 1 aromatic rings. The SMILES string of the molecule is CN1CC[C@@H]2OCCN(S(=O)(=O)c3cccc(Cl)c3F)[C@H]2C1. The van der Waals surface area contributed by atoms with E-state index in [9.17, 15) is 12.8 Å². The van der Waals surface area contributed by atoms with Gasteiger partial charge in [-0.1, -0.05) is 17.7 Å². The van der Waals surface area contributed by atoms with Crippen LogP contribution < -0.4 is 0 Å². The molecule has 122 valence electrons. The standard InChI is InChI=1S/C14H18ClFN2O3S/c1-17-6-5-12-11(9-17)18(7-8-21-12)22(19,20)13-4-2-3-10(15)14(13)16/h2-4,11-12H,5-9H2,1H3/t11-,12-/m0/s1. The fourth-order valence-corrected chi connectivity index (χ4v) is 5.05. The van der Waals surface area contributed by atoms with E-state index in [1.54, 1.807) is 0 Å². The topological polar surface area (TPSA) is 49.9 Å². The van der Waals surface area contributed by atoms with Gasteiger partial charge in [0.25, 0.3) is 0 Å². The molecule has 0 bridgehead atoms. The van der Waals surface area contributed by atoms with Crippen LogP contribution in [0.15, 0.2) is 23.1 Å². The zero-order valence-electron chi connectivity index (χ0n) is 12.2. The second-order valence-electron chi connectivity index (χ2n) is 5.70. The molecule has 5 nitrogen and oxygen atoms in total. The van der Waals surface area contributed by atoms with Crippen molar-refractivity contribution in [3.8, 4) is 0 Å². The number of morpholine rings is 1. The molecule has 2 saturated heterocycles. The zero-order chi connectivity index (χ0) is 15.9. The number of piperidine rings is 1. The molecule has 8 heteroatoms. The van der Waals surface area contributed by atoms with E-state index in [2.05, 4.69) is 4.90 Å². The first-order chi connectivity index (χ1) is 10.4. The van der Waals surface area contributed by atoms with Crippen LogP contribution in [0.1, 0.15) is 6.42 Å². The van der Waals surface area contributed by atoms with Gasteiger partial charge in [-0.2, -0.15) is 4.31 Å². The second-order valence-corrected chi connectivity index (χ2v) is 7.96. The Kier molecular flexibility index (Phi) is 4.44. The summed E-state index contributed by atoms with van der Waals surface area (Å²) in [6, 6.07) is 3.75. The Hall–Kier alpha value is -0.730. The van der Waals surface area contributed by atoms with Crippen LogP contribution in [0.4, 0.5) is 4.39 Å². The fraction of sp³-hybridized carbons (Fsp3) is 0.571. The minimum atomic E-state index is -3.94. The quantitative estimate of drug-likeness (QED) is 0.814. The van der Waals surface area contributed by atoms with Crippen molar-refractivity contribution in [3.63, 3.8) is 0 Å². The molecule has 2 aliphatic rings. The van der Waals surface area contributed by atoms with E-state index in [0.717, 1.165) is 13.0 Å². The van der Waals surface area contributed by atoms with E-state index in [1.807, 2.05) is 7.05 Å². The highest BCUT2D eigenvalue weighted by Gasteiger charge is 2.43. The molecule has 22 heavy (non-hydrogen) atoms. The van der Waals surface area contributed by atoms with Gasteiger partial charge in [0.1, 0.15) is 4.90 Å². The Balaban J connectivity index is 1.98. The third-order valence-electron chi connectivity index (χ3n) is 4.24. The fourth-order valence-electron chi connectivity index (χ4n) is 3.11. The number of hydrogen-bond acceptors (Lipinski definition) is 4. The van der Waals surface area contributed by atoms with Gasteiger partial charge in [-0.3, -0.25) is 0 Å². The van der Waals surface area contributed by atoms with Crippen LogP contribution in [0, 0.1) is 5.82 Å². The van der Waals surface area contributed by atoms with Crippen molar-refractivity contribution < 1.29 is 17.5 Å². The summed E-state index contributed by atoms with van der Waals surface area (Å²) in [5.41, 5.74) is 0. The van der Waals surface area contributed by atoms with Gasteiger partial charge in [0, 0.05) is 19.6 Å². The molecule has 2 fully saturated rings. The van der Waals surface area contributed by atoms with E-state index < -0.39 is 15.8 Å². The van der Waals surface area contributed by atoms with Gasteiger partial charge in [-0.25, -0.2) is 12.8 Å². The number of rotatable bonds is 2. The first kappa shape index (κ1) is 16.1. The Morgan fingerprint density at radius 3 is 2.91 bits per heavy atom. The van der Waals surface area contributed by atoms with E-state index in [4.69, 9.17) is 16.3 Å². The minimum Gasteiger partial charge on any atom is -0.375 e. The van der Waals surface area contributed by atoms with Crippen LogP contribution in [0.5, 0.6) is 0 Å². The minimum absolute atomic E-state index is 0.137. The smallest absolute Gasteiger partial charge is 0.246 e. The number of halogens is 2. The summed E-state index contributed by atoms with van der Waals surface area (Å²) in [7, 11) is -2.00. The van der Waals surface area contributed by atoms with Crippen LogP contribution in [0.3, 0.4) is 0 Å². The van der Waals surface area contributed by atoms with Gasteiger partial charge in [-0.05, 0) is 25.6 Å². The largest absolute Gasteiger partial charge is 0.375 e. The molecular weight excluding hydrogens is 331 g/mol. The third-order valence-corrected chi connectivity index (χ3v) is 6.47. The van der Waals surface area contributed by atoms with Gasteiger partial charge in [0.05, 0.1) is 23.8 Å². The van der Waals surface area contributed by atoms with Crippen molar-refractivity contribution in [2.24, 2.45) is 0 Å². The number of nitrogens with zero attached hydrogens (tertiary/aromatic N) is 2. The molecule has 0 aliphatic carbocycles. The summed E-state index contributed by atoms with van der Waals surface area (Å²) < 4.78 is 47.0. The Morgan fingerprint density at radius 1 is 1.36 bits per heavy atom. The molecule has 0 aromatic heterocycles. The average Bonchev–Trinajstić information content (AvgIpc) is 2.49. The maximum absolute atomic E-state index is 14.2. The van der Waals surface area contributed by atoms with Crippen LogP contribution in [-0.2, 0) is 14.8 Å². The van der Waals surface area contributed by atoms with Gasteiger partial charge in [0.2, 0.25) is 10.0 Å². The summed E-state index contributed by atoms with van der Waals surface area (Å²) in [5, 5.41) is -0.188. The number of hydrogen-bond donors (Lipinski definition) is 0. The third kappa shape index (κ3) is 2.76. The van der Waals surface area contributed by atoms with Crippen molar-refractivity contribution in [3.05, 3.63) is 29.0 Å². The van der Waals surface area contributed by atoms with Crippen LogP contribution in [0.2, 0.25) is 5.02 Å². The monoisotopic (exact) mass is 348 g/mol. The Morgan fingerprint density at radius 2 is 2.14 bits per heavy atom. The summed E-state index contributed by atoms with van der Waals surface area (Å²) in [6.07, 6.45) is 0.632. The van der Waals surface area contributed by atoms with Gasteiger partial charge in [0.15, 0.2) is 5.82 Å². The lowest BCUT2D eigenvalue weighted by Crippen LogP contribution is -2.60. The molecule has 2 atom stereocenters. The molecule has 0 radical (unpaired) electrons. The number of likely N-dealkylation sites (tertiary alicyclic amines) is 1. The highest BCUT2D eigenvalue weighted by molar-refractivity contribution is 7.89. The zero-order valence-corrected chi connectivity index (χ0v) is 13.8. The van der Waals surface area contributed by atoms with E-state index in [1.165, 1.54) is 22.5 Å². The first-order valence-corrected chi connectivity index (χ1v) is 8.99. The normalized spacial score (nSPS) is 27.6. The van der Waals surface area contributed by atoms with Crippen LogP contribution in [-0.4, -0.2) is 63.1 Å². The lowest BCUT2D eigenvalue weighted by molar-refractivity contribution is -0.0720. The van der Waals surface area contributed by atoms with Crippen molar-refractivity contribution in [1.82, 2.24) is 9.21 Å². The maximum Gasteiger partial charge on any atom is 0.246 e. The molecule has 0 N–H and O–H groups in total. The van der Waals surface area contributed by atoms with Crippen molar-refractivity contribution in [2.75, 3.05) is 33.3 Å². The van der Waals surface area contributed by atoms with Crippen molar-refractivity contribution >= 4 is 21.6 Å². The first-order valence-electron chi connectivity index (χ1n) is 7.17. The number of sulfonamides is 1. The van der Waals surface area contributed by atoms with E-state index >= 15 is 0 Å². The number of likely N-dealkylation sites (N-methyl/N-ethyl adjacent to an activating group) is 1. The second kappa shape index (κ2) is 6.05. The van der Waals surface area contributed by atoms with Crippen LogP contribution in [0.25, 0.3) is 0 Å². The van der Waals surface area contributed by atoms with Gasteiger partial charge < -0.3 is 9.64 Å². The average molecular weight is 349 g/mol. The van der Waals surface area contributed by atoms with Crippen molar-refractivity contribution in [2.45, 2.75) is 23.5 Å². The van der Waals surface area contributed by atoms with E-state index in [0.29, 0.717) is 13.2 Å². The van der Waals surface area contributed by atoms with Crippen LogP contribution >= 0.6 is 11.6 Å². The molecule has 0 amide bonds. The molecular formula is C14H18ClFN2O3S. The number of ether oxygens (including phenoxy) is 1. The summed E-state index contributed by atoms with van der Waals surface area (Å²) in [4.78, 5) is 1.70. The molecule has 2 heterocycles. The maximum atomic E-state index is 14.2. The molecule has 1 aromatic carbocycles. The van der Waals surface area contributed by atoms with Gasteiger partial charge >= 0.3 is 0 Å². The summed E-state index contributed by atoms with van der Waals surface area (Å²) >= 11 is 5.73. The van der Waals surface area contributed by atoms with E-state index in [-0.39, 0.29) is 28.6 Å². The Bertz CT molecular complexity index is 670. The molecule has 0 spiro atoms.